The van der Waals surface area contributed by atoms with Crippen LogP contribution in [0.5, 0.6) is 0 Å². The highest BCUT2D eigenvalue weighted by molar-refractivity contribution is 6.01. The third-order valence-electron chi connectivity index (χ3n) is 11.1. The van der Waals surface area contributed by atoms with E-state index in [9.17, 15) is 0 Å². The van der Waals surface area contributed by atoms with E-state index in [2.05, 4.69) is 229 Å². The van der Waals surface area contributed by atoms with Gasteiger partial charge in [-0.1, -0.05) is 194 Å². The summed E-state index contributed by atoms with van der Waals surface area (Å²) in [6.07, 6.45) is 0. The molecule has 0 saturated heterocycles. The molecule has 0 aliphatic heterocycles. The first kappa shape index (κ1) is 31.7. The number of fused-ring (bicyclic) bond motifs is 4. The molecule has 1 aliphatic rings. The van der Waals surface area contributed by atoms with Crippen molar-refractivity contribution in [3.05, 3.63) is 247 Å². The highest BCUT2D eigenvalue weighted by Gasteiger charge is 2.46. The highest BCUT2D eigenvalue weighted by atomic mass is 15.1. The molecular formula is C53H37N. The van der Waals surface area contributed by atoms with Gasteiger partial charge in [0.25, 0.3) is 0 Å². The summed E-state index contributed by atoms with van der Waals surface area (Å²) in [5.74, 6) is 0. The molecule has 0 N–H and O–H groups in total. The molecular weight excluding hydrogens is 651 g/mol. The van der Waals surface area contributed by atoms with E-state index in [1.165, 1.54) is 66.4 Å². The van der Waals surface area contributed by atoms with Gasteiger partial charge in [0, 0.05) is 16.8 Å². The molecule has 0 saturated carbocycles. The van der Waals surface area contributed by atoms with Gasteiger partial charge < -0.3 is 4.90 Å². The highest BCUT2D eigenvalue weighted by Crippen LogP contribution is 2.57. The van der Waals surface area contributed by atoms with E-state index in [1.54, 1.807) is 0 Å². The van der Waals surface area contributed by atoms with E-state index in [1.807, 2.05) is 0 Å². The number of nitrogens with zero attached hydrogens (tertiary/aromatic N) is 1. The lowest BCUT2D eigenvalue weighted by Gasteiger charge is -2.35. The zero-order chi connectivity index (χ0) is 35.9. The quantitative estimate of drug-likeness (QED) is 0.161. The van der Waals surface area contributed by atoms with E-state index in [-0.39, 0.29) is 0 Å². The third kappa shape index (κ3) is 5.09. The molecule has 0 atom stereocenters. The van der Waals surface area contributed by atoms with Gasteiger partial charge in [0.05, 0.1) is 16.8 Å². The molecule has 0 heterocycles. The summed E-state index contributed by atoms with van der Waals surface area (Å²) in [6, 6.07) is 82.1. The first-order valence-corrected chi connectivity index (χ1v) is 18.7. The number of hydrogen-bond donors (Lipinski definition) is 0. The Morgan fingerprint density at radius 3 is 1.43 bits per heavy atom. The van der Waals surface area contributed by atoms with Gasteiger partial charge in [-0.3, -0.25) is 0 Å². The van der Waals surface area contributed by atoms with Crippen molar-refractivity contribution in [3.63, 3.8) is 0 Å². The van der Waals surface area contributed by atoms with Crippen molar-refractivity contribution in [2.75, 3.05) is 4.90 Å². The van der Waals surface area contributed by atoms with Crippen molar-refractivity contribution in [2.45, 2.75) is 5.41 Å². The molecule has 254 valence electrons. The predicted molar refractivity (Wildman–Crippen MR) is 227 cm³/mol. The van der Waals surface area contributed by atoms with Crippen molar-refractivity contribution in [1.82, 2.24) is 0 Å². The monoisotopic (exact) mass is 687 g/mol. The molecule has 0 aromatic heterocycles. The SMILES string of the molecule is c1ccc(-c2ccccc2N(c2ccc3c(c2)C(c2ccccc2)(c2ccccc2)c2ccccc2-3)c2cc3ccccc3cc2-c2ccccc2)cc1. The Bertz CT molecular complexity index is 2710. The summed E-state index contributed by atoms with van der Waals surface area (Å²) < 4.78 is 0. The standard InChI is InChI=1S/C53H37N/c1-5-19-38(20-6-1)45-29-16-18-32-51(45)54(52-36-41-24-14-13-23-40(41)35-48(52)39-21-7-2-8-22-39)44-33-34-47-46-30-15-17-31-49(46)53(50(47)37-44,42-25-9-3-10-26-42)43-27-11-4-12-28-43/h1-37H. The zero-order valence-electron chi connectivity index (χ0n) is 29.8. The van der Waals surface area contributed by atoms with Crippen LogP contribution in [0.15, 0.2) is 224 Å². The largest absolute Gasteiger partial charge is 0.309 e. The summed E-state index contributed by atoms with van der Waals surface area (Å²) in [7, 11) is 0. The van der Waals surface area contributed by atoms with Crippen LogP contribution in [0.1, 0.15) is 22.3 Å². The topological polar surface area (TPSA) is 3.24 Å². The van der Waals surface area contributed by atoms with Gasteiger partial charge in [-0.2, -0.15) is 0 Å². The molecule has 0 spiro atoms. The molecule has 9 aromatic rings. The molecule has 54 heavy (non-hydrogen) atoms. The van der Waals surface area contributed by atoms with Crippen molar-refractivity contribution >= 4 is 27.8 Å². The Labute approximate surface area is 317 Å². The van der Waals surface area contributed by atoms with E-state index in [0.29, 0.717) is 0 Å². The Balaban J connectivity index is 1.32. The smallest absolute Gasteiger partial charge is 0.0714 e. The minimum absolute atomic E-state index is 0.513. The van der Waals surface area contributed by atoms with Crippen LogP contribution in [0.25, 0.3) is 44.2 Å². The molecule has 10 rings (SSSR count). The number of anilines is 3. The maximum Gasteiger partial charge on any atom is 0.0714 e. The average Bonchev–Trinajstić information content (AvgIpc) is 3.55. The fourth-order valence-electron chi connectivity index (χ4n) is 8.77. The van der Waals surface area contributed by atoms with Gasteiger partial charge in [-0.15, -0.1) is 0 Å². The Morgan fingerprint density at radius 2 is 0.778 bits per heavy atom. The van der Waals surface area contributed by atoms with Crippen LogP contribution < -0.4 is 4.90 Å². The minimum atomic E-state index is -0.513. The van der Waals surface area contributed by atoms with Crippen molar-refractivity contribution in [3.8, 4) is 33.4 Å². The fraction of sp³-hybridized carbons (Fsp3) is 0.0189. The number of para-hydroxylation sites is 1. The molecule has 1 heteroatoms. The van der Waals surface area contributed by atoms with Crippen LogP contribution in [-0.4, -0.2) is 0 Å². The molecule has 1 aliphatic carbocycles. The van der Waals surface area contributed by atoms with Crippen molar-refractivity contribution in [2.24, 2.45) is 0 Å². The molecule has 0 bridgehead atoms. The number of hydrogen-bond acceptors (Lipinski definition) is 1. The molecule has 1 nitrogen and oxygen atoms in total. The Hall–Kier alpha value is -6.96. The second kappa shape index (κ2) is 13.2. The van der Waals surface area contributed by atoms with Crippen LogP contribution in [0.2, 0.25) is 0 Å². The predicted octanol–water partition coefficient (Wildman–Crippen LogP) is 14.0. The van der Waals surface area contributed by atoms with E-state index < -0.39 is 5.41 Å². The summed E-state index contributed by atoms with van der Waals surface area (Å²) in [6.45, 7) is 0. The van der Waals surface area contributed by atoms with Crippen LogP contribution in [-0.2, 0) is 5.41 Å². The van der Waals surface area contributed by atoms with Gasteiger partial charge in [0.1, 0.15) is 0 Å². The summed E-state index contributed by atoms with van der Waals surface area (Å²) in [4.78, 5) is 2.50. The summed E-state index contributed by atoms with van der Waals surface area (Å²) >= 11 is 0. The van der Waals surface area contributed by atoms with E-state index in [4.69, 9.17) is 0 Å². The van der Waals surface area contributed by atoms with Gasteiger partial charge in [0.15, 0.2) is 0 Å². The average molecular weight is 688 g/mol. The maximum absolute atomic E-state index is 2.50. The van der Waals surface area contributed by atoms with E-state index >= 15 is 0 Å². The fourth-order valence-corrected chi connectivity index (χ4v) is 8.77. The minimum Gasteiger partial charge on any atom is -0.309 e. The van der Waals surface area contributed by atoms with Crippen LogP contribution in [0.4, 0.5) is 17.1 Å². The zero-order valence-corrected chi connectivity index (χ0v) is 29.8. The third-order valence-corrected chi connectivity index (χ3v) is 11.1. The lowest BCUT2D eigenvalue weighted by atomic mass is 9.67. The summed E-state index contributed by atoms with van der Waals surface area (Å²) in [5, 5.41) is 2.42. The van der Waals surface area contributed by atoms with Gasteiger partial charge >= 0.3 is 0 Å². The van der Waals surface area contributed by atoms with Crippen LogP contribution in [0.3, 0.4) is 0 Å². The van der Waals surface area contributed by atoms with Crippen LogP contribution >= 0.6 is 0 Å². The summed E-state index contributed by atoms with van der Waals surface area (Å²) in [5.41, 5.74) is 15.2. The molecule has 0 fully saturated rings. The second-order valence-electron chi connectivity index (χ2n) is 14.1. The number of rotatable bonds is 7. The Kier molecular flexibility index (Phi) is 7.78. The lowest BCUT2D eigenvalue weighted by molar-refractivity contribution is 0.768. The molecule has 9 aromatic carbocycles. The molecule has 0 amide bonds. The van der Waals surface area contributed by atoms with E-state index in [0.717, 1.165) is 17.1 Å². The van der Waals surface area contributed by atoms with Gasteiger partial charge in [-0.25, -0.2) is 0 Å². The van der Waals surface area contributed by atoms with Gasteiger partial charge in [-0.05, 0) is 85.6 Å². The normalized spacial score (nSPS) is 12.6. The Morgan fingerprint density at radius 1 is 0.296 bits per heavy atom. The second-order valence-corrected chi connectivity index (χ2v) is 14.1. The first-order valence-electron chi connectivity index (χ1n) is 18.7. The molecule has 0 radical (unpaired) electrons. The van der Waals surface area contributed by atoms with Crippen molar-refractivity contribution < 1.29 is 0 Å². The lowest BCUT2D eigenvalue weighted by Crippen LogP contribution is -2.28. The maximum atomic E-state index is 2.50. The first-order chi connectivity index (χ1) is 26.8. The van der Waals surface area contributed by atoms with Crippen molar-refractivity contribution in [1.29, 1.82) is 0 Å². The van der Waals surface area contributed by atoms with Gasteiger partial charge in [0.2, 0.25) is 0 Å². The van der Waals surface area contributed by atoms with Crippen LogP contribution in [0, 0.1) is 0 Å². The molecule has 0 unspecified atom stereocenters. The number of benzene rings is 9.